The van der Waals surface area contributed by atoms with Crippen molar-refractivity contribution in [2.45, 2.75) is 33.4 Å². The number of aryl methyl sites for hydroxylation is 2. The first-order valence-corrected chi connectivity index (χ1v) is 6.78. The molecule has 0 unspecified atom stereocenters. The normalized spacial score (nSPS) is 12.4. The minimum atomic E-state index is 0.0573. The number of ether oxygens (including phenoxy) is 1. The van der Waals surface area contributed by atoms with E-state index >= 15 is 0 Å². The smallest absolute Gasteiger partial charge is 0.124 e. The molecule has 18 heavy (non-hydrogen) atoms. The van der Waals surface area contributed by atoms with Gasteiger partial charge in [0.15, 0.2) is 0 Å². The van der Waals surface area contributed by atoms with Crippen molar-refractivity contribution in [2.75, 3.05) is 0 Å². The van der Waals surface area contributed by atoms with Crippen LogP contribution in [-0.4, -0.2) is 4.98 Å². The monoisotopic (exact) mass is 262 g/mol. The minimum Gasteiger partial charge on any atom is -0.488 e. The molecule has 0 bridgehead atoms. The number of rotatable bonds is 4. The Hall–Kier alpha value is -1.39. The van der Waals surface area contributed by atoms with Crippen molar-refractivity contribution >= 4 is 11.3 Å². The van der Waals surface area contributed by atoms with Crippen LogP contribution in [-0.2, 0) is 6.61 Å². The summed E-state index contributed by atoms with van der Waals surface area (Å²) in [6.07, 6.45) is 1.87. The van der Waals surface area contributed by atoms with Crippen molar-refractivity contribution in [3.05, 3.63) is 45.4 Å². The fourth-order valence-electron chi connectivity index (χ4n) is 1.74. The summed E-state index contributed by atoms with van der Waals surface area (Å²) in [5, 5.41) is 1.07. The van der Waals surface area contributed by atoms with Crippen molar-refractivity contribution in [3.63, 3.8) is 0 Å². The van der Waals surface area contributed by atoms with E-state index in [0.29, 0.717) is 6.61 Å². The van der Waals surface area contributed by atoms with Crippen LogP contribution >= 0.6 is 11.3 Å². The molecule has 0 aliphatic rings. The Labute approximate surface area is 112 Å². The molecule has 0 fully saturated rings. The molecule has 2 rings (SSSR count). The van der Waals surface area contributed by atoms with Gasteiger partial charge in [-0.3, -0.25) is 0 Å². The van der Waals surface area contributed by atoms with E-state index in [9.17, 15) is 0 Å². The van der Waals surface area contributed by atoms with Gasteiger partial charge in [0, 0.05) is 12.2 Å². The van der Waals surface area contributed by atoms with Crippen molar-refractivity contribution in [1.82, 2.24) is 4.98 Å². The van der Waals surface area contributed by atoms with Crippen molar-refractivity contribution in [1.29, 1.82) is 0 Å². The molecule has 0 spiro atoms. The van der Waals surface area contributed by atoms with Gasteiger partial charge in [0.05, 0.1) is 9.88 Å². The van der Waals surface area contributed by atoms with Gasteiger partial charge < -0.3 is 10.5 Å². The number of benzene rings is 1. The molecule has 96 valence electrons. The molecule has 1 atom stereocenters. The Bertz CT molecular complexity index is 534. The third-order valence-electron chi connectivity index (χ3n) is 2.76. The number of hydrogen-bond acceptors (Lipinski definition) is 4. The molecule has 1 heterocycles. The lowest BCUT2D eigenvalue weighted by Crippen LogP contribution is -2.05. The predicted molar refractivity (Wildman–Crippen MR) is 75.0 cm³/mol. The lowest BCUT2D eigenvalue weighted by molar-refractivity contribution is 0.307. The third kappa shape index (κ3) is 3.09. The lowest BCUT2D eigenvalue weighted by atomic mass is 10.1. The van der Waals surface area contributed by atoms with Crippen LogP contribution in [0.3, 0.4) is 0 Å². The summed E-state index contributed by atoms with van der Waals surface area (Å²) in [7, 11) is 0. The van der Waals surface area contributed by atoms with Gasteiger partial charge in [-0.25, -0.2) is 4.98 Å². The number of nitrogens with zero attached hydrogens (tertiary/aromatic N) is 1. The number of thiazole rings is 1. The molecule has 0 saturated carbocycles. The van der Waals surface area contributed by atoms with Gasteiger partial charge in [0.25, 0.3) is 0 Å². The van der Waals surface area contributed by atoms with Crippen LogP contribution in [0.15, 0.2) is 24.4 Å². The van der Waals surface area contributed by atoms with Crippen molar-refractivity contribution in [3.8, 4) is 5.75 Å². The second kappa shape index (κ2) is 5.50. The van der Waals surface area contributed by atoms with Gasteiger partial charge in [0.2, 0.25) is 0 Å². The van der Waals surface area contributed by atoms with E-state index in [1.54, 1.807) is 11.3 Å². The average Bonchev–Trinajstić information content (AvgIpc) is 2.73. The van der Waals surface area contributed by atoms with Crippen LogP contribution in [0.4, 0.5) is 0 Å². The highest BCUT2D eigenvalue weighted by atomic mass is 32.1. The van der Waals surface area contributed by atoms with E-state index in [0.717, 1.165) is 26.8 Å². The summed E-state index contributed by atoms with van der Waals surface area (Å²) in [5.74, 6) is 0.908. The maximum atomic E-state index is 5.85. The van der Waals surface area contributed by atoms with Crippen LogP contribution < -0.4 is 10.5 Å². The molecule has 0 amide bonds. The van der Waals surface area contributed by atoms with Crippen LogP contribution in [0.1, 0.15) is 34.0 Å². The second-order valence-electron chi connectivity index (χ2n) is 4.45. The molecule has 4 heteroatoms. The van der Waals surface area contributed by atoms with E-state index < -0.39 is 0 Å². The van der Waals surface area contributed by atoms with E-state index in [2.05, 4.69) is 11.1 Å². The summed E-state index contributed by atoms with van der Waals surface area (Å²) in [6.45, 7) is 6.59. The molecule has 0 saturated heterocycles. The maximum Gasteiger partial charge on any atom is 0.124 e. The molecule has 0 aliphatic heterocycles. The van der Waals surface area contributed by atoms with E-state index in [4.69, 9.17) is 10.5 Å². The molecule has 0 aliphatic carbocycles. The largest absolute Gasteiger partial charge is 0.488 e. The zero-order valence-electron chi connectivity index (χ0n) is 10.9. The summed E-state index contributed by atoms with van der Waals surface area (Å²) in [4.78, 5) is 5.35. The first kappa shape index (κ1) is 13.1. The Morgan fingerprint density at radius 2 is 2.17 bits per heavy atom. The fourth-order valence-corrected chi connectivity index (χ4v) is 2.45. The van der Waals surface area contributed by atoms with Gasteiger partial charge in [-0.2, -0.15) is 0 Å². The third-order valence-corrected chi connectivity index (χ3v) is 3.65. The zero-order valence-corrected chi connectivity index (χ0v) is 11.8. The van der Waals surface area contributed by atoms with E-state index in [1.165, 1.54) is 0 Å². The average molecular weight is 262 g/mol. The molecule has 1 aromatic carbocycles. The molecule has 2 N–H and O–H groups in total. The standard InChI is InChI=1S/C14H18N2OS/c1-9-6-12(10(2)15)4-5-14(9)17-8-13-7-16-11(3)18-13/h4-7,10H,8,15H2,1-3H3/t10-/m1/s1. The Morgan fingerprint density at radius 1 is 1.39 bits per heavy atom. The van der Waals surface area contributed by atoms with Crippen LogP contribution in [0.5, 0.6) is 5.75 Å². The molecule has 0 radical (unpaired) electrons. The van der Waals surface area contributed by atoms with Crippen LogP contribution in [0.25, 0.3) is 0 Å². The Morgan fingerprint density at radius 3 is 2.72 bits per heavy atom. The number of nitrogens with two attached hydrogens (primary N) is 1. The number of hydrogen-bond donors (Lipinski definition) is 1. The molecular formula is C14H18N2OS. The Balaban J connectivity index is 2.05. The van der Waals surface area contributed by atoms with Crippen molar-refractivity contribution < 1.29 is 4.74 Å². The Kier molecular flexibility index (Phi) is 3.99. The van der Waals surface area contributed by atoms with Crippen molar-refractivity contribution in [2.24, 2.45) is 5.73 Å². The summed E-state index contributed by atoms with van der Waals surface area (Å²) >= 11 is 1.66. The quantitative estimate of drug-likeness (QED) is 0.919. The zero-order chi connectivity index (χ0) is 13.1. The first-order chi connectivity index (χ1) is 8.56. The lowest BCUT2D eigenvalue weighted by Gasteiger charge is -2.11. The first-order valence-electron chi connectivity index (χ1n) is 5.96. The molecular weight excluding hydrogens is 244 g/mol. The highest BCUT2D eigenvalue weighted by Gasteiger charge is 2.05. The van der Waals surface area contributed by atoms with E-state index in [1.807, 2.05) is 39.1 Å². The summed E-state index contributed by atoms with van der Waals surface area (Å²) in [5.41, 5.74) is 8.10. The number of aromatic nitrogens is 1. The van der Waals surface area contributed by atoms with Gasteiger partial charge in [-0.1, -0.05) is 12.1 Å². The molecule has 2 aromatic rings. The van der Waals surface area contributed by atoms with Crippen LogP contribution in [0, 0.1) is 13.8 Å². The highest BCUT2D eigenvalue weighted by molar-refractivity contribution is 7.11. The molecule has 3 nitrogen and oxygen atoms in total. The predicted octanol–water partition coefficient (Wildman–Crippen LogP) is 3.36. The minimum absolute atomic E-state index is 0.0573. The topological polar surface area (TPSA) is 48.1 Å². The van der Waals surface area contributed by atoms with Gasteiger partial charge in [0.1, 0.15) is 12.4 Å². The van der Waals surface area contributed by atoms with E-state index in [-0.39, 0.29) is 6.04 Å². The fraction of sp³-hybridized carbons (Fsp3) is 0.357. The molecule has 1 aromatic heterocycles. The van der Waals surface area contributed by atoms with Crippen LogP contribution in [0.2, 0.25) is 0 Å². The van der Waals surface area contributed by atoms with Gasteiger partial charge in [-0.05, 0) is 38.0 Å². The second-order valence-corrected chi connectivity index (χ2v) is 5.77. The summed E-state index contributed by atoms with van der Waals surface area (Å²) < 4.78 is 5.80. The summed E-state index contributed by atoms with van der Waals surface area (Å²) in [6, 6.07) is 6.15. The maximum absolute atomic E-state index is 5.85. The van der Waals surface area contributed by atoms with Gasteiger partial charge >= 0.3 is 0 Å². The highest BCUT2D eigenvalue weighted by Crippen LogP contribution is 2.23. The van der Waals surface area contributed by atoms with Gasteiger partial charge in [-0.15, -0.1) is 11.3 Å². The SMILES string of the molecule is Cc1ncc(COc2ccc([C@@H](C)N)cc2C)s1.